The largest absolute Gasteiger partial charge is 0.378 e. The molecule has 1 fully saturated rings. The number of benzene rings is 2. The Morgan fingerprint density at radius 1 is 0.967 bits per heavy atom. The molecule has 2 aromatic carbocycles. The van der Waals surface area contributed by atoms with Gasteiger partial charge in [-0.25, -0.2) is 0 Å². The van der Waals surface area contributed by atoms with Gasteiger partial charge < -0.3 is 20.3 Å². The van der Waals surface area contributed by atoms with E-state index in [4.69, 9.17) is 4.74 Å². The van der Waals surface area contributed by atoms with E-state index in [1.807, 2.05) is 54.6 Å². The standard InChI is InChI=1S/C23H23N3O3S/c27-21(25-18-9-5-2-6-10-18)16-24-22(28)20-15-19(17-7-3-1-4-8-17)23(30-20)26-11-13-29-14-12-26/h1-10,15H,11-14,16H2,(H,24,28)(H,25,27). The van der Waals surface area contributed by atoms with E-state index in [2.05, 4.69) is 15.5 Å². The number of para-hydroxylation sites is 1. The van der Waals surface area contributed by atoms with E-state index in [0.29, 0.717) is 23.8 Å². The minimum atomic E-state index is -0.261. The molecule has 0 saturated carbocycles. The van der Waals surface area contributed by atoms with Gasteiger partial charge in [0.1, 0.15) is 0 Å². The summed E-state index contributed by atoms with van der Waals surface area (Å²) in [5, 5.41) is 6.56. The van der Waals surface area contributed by atoms with Crippen LogP contribution in [0.4, 0.5) is 10.7 Å². The fraction of sp³-hybridized carbons (Fsp3) is 0.217. The van der Waals surface area contributed by atoms with Crippen LogP contribution in [0.3, 0.4) is 0 Å². The zero-order chi connectivity index (χ0) is 20.8. The summed E-state index contributed by atoms with van der Waals surface area (Å²) in [4.78, 5) is 27.7. The molecule has 4 rings (SSSR count). The molecule has 7 heteroatoms. The van der Waals surface area contributed by atoms with Crippen molar-refractivity contribution in [1.29, 1.82) is 0 Å². The third-order valence-corrected chi connectivity index (χ3v) is 5.98. The SMILES string of the molecule is O=C(CNC(=O)c1cc(-c2ccccc2)c(N2CCOCC2)s1)Nc1ccccc1. The number of ether oxygens (including phenoxy) is 1. The van der Waals surface area contributed by atoms with E-state index < -0.39 is 0 Å². The number of carbonyl (C=O) groups is 2. The summed E-state index contributed by atoms with van der Waals surface area (Å²) >= 11 is 1.45. The van der Waals surface area contributed by atoms with E-state index in [9.17, 15) is 9.59 Å². The fourth-order valence-corrected chi connectivity index (χ4v) is 4.44. The molecule has 1 aliphatic heterocycles. The van der Waals surface area contributed by atoms with Crippen molar-refractivity contribution >= 4 is 33.8 Å². The molecule has 30 heavy (non-hydrogen) atoms. The first kappa shape index (κ1) is 20.1. The quantitative estimate of drug-likeness (QED) is 0.638. The van der Waals surface area contributed by atoms with Crippen LogP contribution in [0, 0.1) is 0 Å². The van der Waals surface area contributed by atoms with Crippen LogP contribution in [0.15, 0.2) is 66.7 Å². The smallest absolute Gasteiger partial charge is 0.261 e. The topological polar surface area (TPSA) is 70.7 Å². The first-order valence-electron chi connectivity index (χ1n) is 9.86. The zero-order valence-corrected chi connectivity index (χ0v) is 17.3. The lowest BCUT2D eigenvalue weighted by Crippen LogP contribution is -2.36. The lowest BCUT2D eigenvalue weighted by Gasteiger charge is -2.28. The average Bonchev–Trinajstić information content (AvgIpc) is 3.25. The second-order valence-electron chi connectivity index (χ2n) is 6.89. The summed E-state index contributed by atoms with van der Waals surface area (Å²) in [5.74, 6) is -0.511. The van der Waals surface area contributed by atoms with Gasteiger partial charge in [-0.05, 0) is 23.8 Å². The molecule has 0 aliphatic carbocycles. The van der Waals surface area contributed by atoms with Crippen LogP contribution in [0.5, 0.6) is 0 Å². The molecule has 2 N–H and O–H groups in total. The highest BCUT2D eigenvalue weighted by atomic mass is 32.1. The van der Waals surface area contributed by atoms with Crippen molar-refractivity contribution < 1.29 is 14.3 Å². The number of rotatable bonds is 6. The molecule has 0 bridgehead atoms. The average molecular weight is 422 g/mol. The summed E-state index contributed by atoms with van der Waals surface area (Å²) < 4.78 is 5.47. The van der Waals surface area contributed by atoms with Gasteiger partial charge in [-0.3, -0.25) is 9.59 Å². The van der Waals surface area contributed by atoms with Gasteiger partial charge in [-0.1, -0.05) is 48.5 Å². The van der Waals surface area contributed by atoms with Gasteiger partial charge in [0.2, 0.25) is 5.91 Å². The first-order valence-corrected chi connectivity index (χ1v) is 10.7. The van der Waals surface area contributed by atoms with Gasteiger partial charge in [0.25, 0.3) is 5.91 Å². The van der Waals surface area contributed by atoms with E-state index in [-0.39, 0.29) is 18.4 Å². The minimum absolute atomic E-state index is 0.0841. The first-order chi connectivity index (χ1) is 14.7. The Bertz CT molecular complexity index is 999. The van der Waals surface area contributed by atoms with Crippen LogP contribution in [0.1, 0.15) is 9.67 Å². The Balaban J connectivity index is 1.48. The molecule has 3 aromatic rings. The summed E-state index contributed by atoms with van der Waals surface area (Å²) in [5.41, 5.74) is 2.80. The summed E-state index contributed by atoms with van der Waals surface area (Å²) in [6.07, 6.45) is 0. The van der Waals surface area contributed by atoms with Crippen molar-refractivity contribution in [2.45, 2.75) is 0 Å². The number of anilines is 2. The second-order valence-corrected chi connectivity index (χ2v) is 7.92. The maximum absolute atomic E-state index is 12.8. The minimum Gasteiger partial charge on any atom is -0.378 e. The zero-order valence-electron chi connectivity index (χ0n) is 16.5. The summed E-state index contributed by atoms with van der Waals surface area (Å²) in [7, 11) is 0. The number of morpholine rings is 1. The van der Waals surface area contributed by atoms with Crippen molar-refractivity contribution in [3.8, 4) is 11.1 Å². The molecule has 0 atom stereocenters. The molecule has 2 heterocycles. The van der Waals surface area contributed by atoms with Crippen molar-refractivity contribution in [3.63, 3.8) is 0 Å². The summed E-state index contributed by atoms with van der Waals surface area (Å²) in [6, 6.07) is 21.1. The van der Waals surface area contributed by atoms with Crippen LogP contribution >= 0.6 is 11.3 Å². The maximum Gasteiger partial charge on any atom is 0.261 e. The van der Waals surface area contributed by atoms with E-state index in [0.717, 1.165) is 29.2 Å². The van der Waals surface area contributed by atoms with E-state index >= 15 is 0 Å². The van der Waals surface area contributed by atoms with Gasteiger partial charge in [0.05, 0.1) is 29.6 Å². The fourth-order valence-electron chi connectivity index (χ4n) is 3.29. The molecule has 6 nitrogen and oxygen atoms in total. The molecule has 154 valence electrons. The summed E-state index contributed by atoms with van der Waals surface area (Å²) in [6.45, 7) is 2.85. The Morgan fingerprint density at radius 2 is 1.63 bits per heavy atom. The van der Waals surface area contributed by atoms with Crippen molar-refractivity contribution in [3.05, 3.63) is 71.6 Å². The number of hydrogen-bond acceptors (Lipinski definition) is 5. The Morgan fingerprint density at radius 3 is 2.33 bits per heavy atom. The van der Waals surface area contributed by atoms with E-state index in [1.54, 1.807) is 12.1 Å². The molecule has 0 unspecified atom stereocenters. The highest BCUT2D eigenvalue weighted by Crippen LogP contribution is 2.39. The Kier molecular flexibility index (Phi) is 6.41. The number of nitrogens with zero attached hydrogens (tertiary/aromatic N) is 1. The predicted molar refractivity (Wildman–Crippen MR) is 120 cm³/mol. The third kappa shape index (κ3) is 4.87. The molecule has 1 saturated heterocycles. The van der Waals surface area contributed by atoms with E-state index in [1.165, 1.54) is 11.3 Å². The monoisotopic (exact) mass is 421 g/mol. The van der Waals surface area contributed by atoms with Crippen LogP contribution in [0.2, 0.25) is 0 Å². The molecule has 2 amide bonds. The Labute approximate surface area is 179 Å². The van der Waals surface area contributed by atoms with Crippen molar-refractivity contribution in [2.75, 3.05) is 43.1 Å². The third-order valence-electron chi connectivity index (χ3n) is 4.79. The maximum atomic E-state index is 12.8. The van der Waals surface area contributed by atoms with Crippen molar-refractivity contribution in [2.24, 2.45) is 0 Å². The molecule has 1 aromatic heterocycles. The molecule has 0 radical (unpaired) electrons. The number of carbonyl (C=O) groups excluding carboxylic acids is 2. The highest BCUT2D eigenvalue weighted by molar-refractivity contribution is 7.18. The lowest BCUT2D eigenvalue weighted by atomic mass is 10.1. The number of thiophene rings is 1. The van der Waals surface area contributed by atoms with Gasteiger partial charge in [-0.2, -0.15) is 0 Å². The van der Waals surface area contributed by atoms with Crippen LogP contribution in [0.25, 0.3) is 11.1 Å². The number of amides is 2. The van der Waals surface area contributed by atoms with Crippen LogP contribution in [-0.4, -0.2) is 44.7 Å². The number of nitrogens with one attached hydrogen (secondary N) is 2. The molecule has 0 spiro atoms. The Hall–Kier alpha value is -3.16. The second kappa shape index (κ2) is 9.56. The van der Waals surface area contributed by atoms with Gasteiger partial charge >= 0.3 is 0 Å². The lowest BCUT2D eigenvalue weighted by molar-refractivity contribution is -0.115. The number of hydrogen-bond donors (Lipinski definition) is 2. The molecular weight excluding hydrogens is 398 g/mol. The van der Waals surface area contributed by atoms with Gasteiger partial charge in [0.15, 0.2) is 0 Å². The van der Waals surface area contributed by atoms with Crippen LogP contribution < -0.4 is 15.5 Å². The van der Waals surface area contributed by atoms with Gasteiger partial charge in [-0.15, -0.1) is 11.3 Å². The normalized spacial score (nSPS) is 13.7. The predicted octanol–water partition coefficient (Wildman–Crippen LogP) is 3.62. The highest BCUT2D eigenvalue weighted by Gasteiger charge is 2.22. The molecule has 1 aliphatic rings. The van der Waals surface area contributed by atoms with Crippen molar-refractivity contribution in [1.82, 2.24) is 5.32 Å². The molecular formula is C23H23N3O3S. The van der Waals surface area contributed by atoms with Gasteiger partial charge in [0, 0.05) is 24.3 Å². The van der Waals surface area contributed by atoms with Crippen LogP contribution in [-0.2, 0) is 9.53 Å².